The number of carbonyl (C=O) groups is 2. The van der Waals surface area contributed by atoms with E-state index in [9.17, 15) is 9.59 Å². The lowest BCUT2D eigenvalue weighted by atomic mass is 9.97. The Hall–Kier alpha value is -3.31. The van der Waals surface area contributed by atoms with Gasteiger partial charge in [0, 0.05) is 6.20 Å². The molecule has 0 radical (unpaired) electrons. The van der Waals surface area contributed by atoms with Gasteiger partial charge in [-0.1, -0.05) is 23.7 Å². The Bertz CT molecular complexity index is 772. The van der Waals surface area contributed by atoms with E-state index in [0.29, 0.717) is 0 Å². The molecule has 5 nitrogen and oxygen atoms in total. The van der Waals surface area contributed by atoms with Crippen molar-refractivity contribution in [2.45, 2.75) is 0 Å². The minimum absolute atomic E-state index is 0.0332. The van der Waals surface area contributed by atoms with Crippen LogP contribution in [0.3, 0.4) is 0 Å². The third kappa shape index (κ3) is 2.48. The maximum absolute atomic E-state index is 12.5. The van der Waals surface area contributed by atoms with Crippen molar-refractivity contribution >= 4 is 11.6 Å². The number of Topliss-reactive ketones (excluding diaryl/α,β-unsaturated/α-hetero) is 2. The Balaban J connectivity index is 2.05. The van der Waals surface area contributed by atoms with Crippen molar-refractivity contribution in [3.63, 3.8) is 0 Å². The number of ether oxygens (including phenoxy) is 2. The Labute approximate surface area is 126 Å². The maximum atomic E-state index is 12.5. The van der Waals surface area contributed by atoms with Crippen LogP contribution >= 0.6 is 0 Å². The van der Waals surface area contributed by atoms with Gasteiger partial charge in [0.1, 0.15) is 18.9 Å². The van der Waals surface area contributed by atoms with Crippen LogP contribution in [0.2, 0.25) is 0 Å². The lowest BCUT2D eigenvalue weighted by molar-refractivity contribution is 0.0793. The molecular weight excluding hydrogens is 282 g/mol. The van der Waals surface area contributed by atoms with Crippen LogP contribution < -0.4 is 0 Å². The summed E-state index contributed by atoms with van der Waals surface area (Å²) in [5.41, 5.74) is 0.252. The van der Waals surface area contributed by atoms with E-state index in [1.165, 1.54) is 12.3 Å². The van der Waals surface area contributed by atoms with Crippen molar-refractivity contribution in [2.24, 2.45) is 0 Å². The minimum Gasteiger partial charge on any atom is -0.473 e. The Morgan fingerprint density at radius 1 is 0.955 bits per heavy atom. The van der Waals surface area contributed by atoms with Gasteiger partial charge >= 0.3 is 0 Å². The second-order valence-electron chi connectivity index (χ2n) is 4.27. The van der Waals surface area contributed by atoms with Crippen LogP contribution in [-0.2, 0) is 9.47 Å². The quantitative estimate of drug-likeness (QED) is 0.674. The van der Waals surface area contributed by atoms with Crippen LogP contribution in [-0.4, -0.2) is 29.8 Å². The third-order valence-corrected chi connectivity index (χ3v) is 2.92. The van der Waals surface area contributed by atoms with Crippen molar-refractivity contribution in [1.29, 1.82) is 0 Å². The van der Waals surface area contributed by atoms with Gasteiger partial charge in [0.2, 0.25) is 17.3 Å². The first-order chi connectivity index (χ1) is 10.8. The van der Waals surface area contributed by atoms with Gasteiger partial charge in [0.05, 0.1) is 5.56 Å². The number of aromatic nitrogens is 1. The van der Waals surface area contributed by atoms with Gasteiger partial charge in [-0.3, -0.25) is 14.6 Å². The molecule has 1 aromatic heterocycles. The van der Waals surface area contributed by atoms with Crippen LogP contribution in [0.1, 0.15) is 20.8 Å². The van der Waals surface area contributed by atoms with Crippen molar-refractivity contribution in [1.82, 2.24) is 4.98 Å². The lowest BCUT2D eigenvalue weighted by Crippen LogP contribution is -2.26. The monoisotopic (exact) mass is 291 g/mol. The first kappa shape index (κ1) is 13.7. The minimum atomic E-state index is -0.493. The molecule has 0 saturated heterocycles. The summed E-state index contributed by atoms with van der Waals surface area (Å²) in [7, 11) is 0. The average Bonchev–Trinajstić information content (AvgIpc) is 2.53. The number of fused-ring (bicyclic) bond motifs is 1. The summed E-state index contributed by atoms with van der Waals surface area (Å²) >= 11 is 0. The number of rotatable bonds is 0. The van der Waals surface area contributed by atoms with Gasteiger partial charge in [0.25, 0.3) is 5.78 Å². The highest BCUT2D eigenvalue weighted by Gasteiger charge is 2.36. The average molecular weight is 291 g/mol. The molecule has 0 unspecified atom stereocenters. The molecule has 0 bridgehead atoms. The molecule has 2 aliphatic rings. The number of allylic oxidation sites excluding steroid dienone is 4. The standard InChI is InChI=1S/C17H9NO4/c19-14-12-8-7-9-18-13(12)15(20)17-16(14)21-10-5-3-1-2-4-6-11-22-17/h1-2,7-9H,10-11H2/b2-1+. The van der Waals surface area contributed by atoms with Crippen LogP contribution in [0, 0.1) is 23.7 Å². The van der Waals surface area contributed by atoms with Crippen LogP contribution in [0.25, 0.3) is 0 Å². The second-order valence-corrected chi connectivity index (χ2v) is 4.27. The van der Waals surface area contributed by atoms with Gasteiger partial charge in [0.15, 0.2) is 0 Å². The summed E-state index contributed by atoms with van der Waals surface area (Å²) in [6.07, 6.45) is 4.58. The van der Waals surface area contributed by atoms with E-state index >= 15 is 0 Å². The summed E-state index contributed by atoms with van der Waals surface area (Å²) in [5.74, 6) is 9.57. The molecule has 5 heteroatoms. The largest absolute Gasteiger partial charge is 0.473 e. The van der Waals surface area contributed by atoms with Crippen LogP contribution in [0.4, 0.5) is 0 Å². The smallest absolute Gasteiger partial charge is 0.250 e. The van der Waals surface area contributed by atoms with E-state index in [2.05, 4.69) is 28.7 Å². The molecule has 0 spiro atoms. The number of nitrogens with zero attached hydrogens (tertiary/aromatic N) is 1. The van der Waals surface area contributed by atoms with Crippen molar-refractivity contribution in [3.05, 3.63) is 53.3 Å². The molecule has 0 amide bonds. The van der Waals surface area contributed by atoms with Gasteiger partial charge < -0.3 is 9.47 Å². The van der Waals surface area contributed by atoms with E-state index in [1.54, 1.807) is 18.2 Å². The zero-order valence-electron chi connectivity index (χ0n) is 11.4. The summed E-state index contributed by atoms with van der Waals surface area (Å²) in [6.45, 7) is -0.0737. The molecule has 1 aromatic rings. The van der Waals surface area contributed by atoms with Crippen LogP contribution in [0.15, 0.2) is 42.0 Å². The molecule has 1 aliphatic heterocycles. The zero-order valence-corrected chi connectivity index (χ0v) is 11.4. The van der Waals surface area contributed by atoms with Gasteiger partial charge in [-0.2, -0.15) is 0 Å². The number of pyridine rings is 1. The van der Waals surface area contributed by atoms with Crippen molar-refractivity contribution < 1.29 is 19.1 Å². The number of hydrogen-bond acceptors (Lipinski definition) is 5. The first-order valence-electron chi connectivity index (χ1n) is 6.45. The Morgan fingerprint density at radius 2 is 1.59 bits per heavy atom. The highest BCUT2D eigenvalue weighted by Crippen LogP contribution is 2.26. The number of hydrogen-bond donors (Lipinski definition) is 0. The van der Waals surface area contributed by atoms with E-state index in [-0.39, 0.29) is 36.0 Å². The molecule has 2 heterocycles. The predicted octanol–water partition coefficient (Wildman–Crippen LogP) is 1.28. The molecule has 22 heavy (non-hydrogen) atoms. The Kier molecular flexibility index (Phi) is 3.72. The molecule has 1 aliphatic carbocycles. The summed E-state index contributed by atoms with van der Waals surface area (Å²) in [4.78, 5) is 28.9. The topological polar surface area (TPSA) is 65.5 Å². The fourth-order valence-electron chi connectivity index (χ4n) is 1.97. The van der Waals surface area contributed by atoms with Crippen molar-refractivity contribution in [3.8, 4) is 23.7 Å². The summed E-state index contributed by atoms with van der Waals surface area (Å²) in [6, 6.07) is 3.11. The highest BCUT2D eigenvalue weighted by atomic mass is 16.5. The zero-order chi connectivity index (χ0) is 15.4. The van der Waals surface area contributed by atoms with Gasteiger partial charge in [-0.15, -0.1) is 0 Å². The fraction of sp³-hybridized carbons (Fsp3) is 0.118. The molecule has 3 rings (SSSR count). The van der Waals surface area contributed by atoms with Gasteiger partial charge in [-0.05, 0) is 24.3 Å². The van der Waals surface area contributed by atoms with Crippen LogP contribution in [0.5, 0.6) is 0 Å². The maximum Gasteiger partial charge on any atom is 0.250 e. The van der Waals surface area contributed by atoms with E-state index < -0.39 is 11.6 Å². The lowest BCUT2D eigenvalue weighted by Gasteiger charge is -2.19. The molecule has 0 atom stereocenters. The highest BCUT2D eigenvalue weighted by molar-refractivity contribution is 6.24. The second kappa shape index (κ2) is 5.99. The molecule has 0 aromatic carbocycles. The van der Waals surface area contributed by atoms with Crippen molar-refractivity contribution in [2.75, 3.05) is 13.2 Å². The molecule has 106 valence electrons. The van der Waals surface area contributed by atoms with E-state index in [0.717, 1.165) is 0 Å². The molecule has 0 saturated carbocycles. The third-order valence-electron chi connectivity index (χ3n) is 2.92. The van der Waals surface area contributed by atoms with Gasteiger partial charge in [-0.25, -0.2) is 0 Å². The predicted molar refractivity (Wildman–Crippen MR) is 76.5 cm³/mol. The molecular formula is C17H9NO4. The summed E-state index contributed by atoms with van der Waals surface area (Å²) in [5, 5.41) is 0. The number of ketones is 2. The number of carbonyl (C=O) groups excluding carboxylic acids is 2. The normalized spacial score (nSPS) is 17.8. The molecule has 0 N–H and O–H groups in total. The fourth-order valence-corrected chi connectivity index (χ4v) is 1.97. The Morgan fingerprint density at radius 3 is 2.27 bits per heavy atom. The van der Waals surface area contributed by atoms with E-state index in [4.69, 9.17) is 9.47 Å². The molecule has 0 fully saturated rings. The van der Waals surface area contributed by atoms with E-state index in [1.807, 2.05) is 0 Å². The summed E-state index contributed by atoms with van der Waals surface area (Å²) < 4.78 is 10.7. The first-order valence-corrected chi connectivity index (χ1v) is 6.45. The SMILES string of the molecule is O=C1C2=C(OCC#C/C=C/C#CCO2)C(=O)c2ncccc21.